The van der Waals surface area contributed by atoms with Crippen LogP contribution in [0, 0.1) is 6.92 Å². The number of pyridine rings is 3. The van der Waals surface area contributed by atoms with E-state index in [2.05, 4.69) is 20.3 Å². The smallest absolute Gasteiger partial charge is 0.260 e. The Kier molecular flexibility index (Phi) is 6.57. The first-order valence-electron chi connectivity index (χ1n) is 12.4. The first-order valence-corrected chi connectivity index (χ1v) is 12.8. The van der Waals surface area contributed by atoms with E-state index in [1.807, 2.05) is 55.5 Å². The number of aryl methyl sites for hydroxylation is 1. The summed E-state index contributed by atoms with van der Waals surface area (Å²) in [6.45, 7) is 3.66. The Morgan fingerprint density at radius 1 is 1.08 bits per heavy atom. The van der Waals surface area contributed by atoms with Crippen LogP contribution in [0.15, 0.2) is 78.1 Å². The number of ether oxygens (including phenoxy) is 1. The maximum absolute atomic E-state index is 14.0. The summed E-state index contributed by atoms with van der Waals surface area (Å²) < 4.78 is 7.13. The topological polar surface area (TPSA) is 94.8 Å². The molecule has 1 N–H and O–H groups in total. The Balaban J connectivity index is 1.47. The van der Waals surface area contributed by atoms with Crippen molar-refractivity contribution in [2.45, 2.75) is 25.9 Å². The summed E-state index contributed by atoms with van der Waals surface area (Å²) in [6, 6.07) is 15.3. The minimum atomic E-state index is -0.188. The molecular formula is C29H25ClN6O2. The van der Waals surface area contributed by atoms with Gasteiger partial charge in [-0.15, -0.1) is 0 Å². The number of nitrogens with one attached hydrogen (secondary N) is 1. The van der Waals surface area contributed by atoms with Crippen LogP contribution in [0.4, 0.5) is 5.95 Å². The molecule has 1 aliphatic heterocycles. The predicted octanol–water partition coefficient (Wildman–Crippen LogP) is 5.13. The van der Waals surface area contributed by atoms with Gasteiger partial charge in [0.15, 0.2) is 0 Å². The van der Waals surface area contributed by atoms with Crippen LogP contribution in [-0.4, -0.2) is 43.8 Å². The zero-order valence-electron chi connectivity index (χ0n) is 20.8. The number of nitrogens with zero attached hydrogens (tertiary/aromatic N) is 5. The molecule has 1 fully saturated rings. The molecule has 0 radical (unpaired) electrons. The van der Waals surface area contributed by atoms with Crippen molar-refractivity contribution in [3.8, 4) is 22.4 Å². The van der Waals surface area contributed by atoms with Crippen molar-refractivity contribution in [3.63, 3.8) is 0 Å². The molecule has 190 valence electrons. The molecule has 0 bridgehead atoms. The highest BCUT2D eigenvalue weighted by molar-refractivity contribution is 6.33. The average Bonchev–Trinajstić information content (AvgIpc) is 3.44. The Labute approximate surface area is 224 Å². The number of halogens is 1. The second kappa shape index (κ2) is 10.3. The number of anilines is 1. The van der Waals surface area contributed by atoms with Crippen LogP contribution < -0.4 is 10.9 Å². The van der Waals surface area contributed by atoms with Crippen LogP contribution in [0.1, 0.15) is 17.5 Å². The Hall–Kier alpha value is -4.14. The highest BCUT2D eigenvalue weighted by Gasteiger charge is 2.19. The molecule has 8 nitrogen and oxygen atoms in total. The van der Waals surface area contributed by atoms with Gasteiger partial charge in [-0.1, -0.05) is 29.8 Å². The van der Waals surface area contributed by atoms with Crippen molar-refractivity contribution in [2.75, 3.05) is 18.5 Å². The fraction of sp³-hybridized carbons (Fsp3) is 0.207. The van der Waals surface area contributed by atoms with Gasteiger partial charge in [0.1, 0.15) is 5.65 Å². The number of hydrogen-bond donors (Lipinski definition) is 1. The zero-order valence-corrected chi connectivity index (χ0v) is 21.5. The van der Waals surface area contributed by atoms with Crippen molar-refractivity contribution < 1.29 is 4.74 Å². The van der Waals surface area contributed by atoms with Crippen LogP contribution in [0.5, 0.6) is 0 Å². The van der Waals surface area contributed by atoms with Gasteiger partial charge in [0, 0.05) is 58.5 Å². The second-order valence-electron chi connectivity index (χ2n) is 9.35. The molecule has 0 unspecified atom stereocenters. The average molecular weight is 525 g/mol. The Morgan fingerprint density at radius 3 is 2.71 bits per heavy atom. The minimum absolute atomic E-state index is 0.146. The van der Waals surface area contributed by atoms with Crippen molar-refractivity contribution in [2.24, 2.45) is 0 Å². The summed E-state index contributed by atoms with van der Waals surface area (Å²) in [5.41, 5.74) is 5.22. The lowest BCUT2D eigenvalue weighted by Gasteiger charge is -2.16. The summed E-state index contributed by atoms with van der Waals surface area (Å²) in [7, 11) is 0. The number of hydrogen-bond acceptors (Lipinski definition) is 7. The highest BCUT2D eigenvalue weighted by Crippen LogP contribution is 2.32. The first-order chi connectivity index (χ1) is 18.6. The molecule has 0 saturated carbocycles. The van der Waals surface area contributed by atoms with Gasteiger partial charge in [-0.2, -0.15) is 4.98 Å². The van der Waals surface area contributed by atoms with Gasteiger partial charge in [0.25, 0.3) is 5.56 Å². The SMILES string of the molecule is Cc1cccnc1-c1ccc(-c2cc3cnc(N[C@H]4CCOC4)nc3n(Cc3ccncc3)c2=O)c(Cl)c1. The Bertz CT molecular complexity index is 1680. The molecule has 6 rings (SSSR count). The van der Waals surface area contributed by atoms with Crippen LogP contribution in [-0.2, 0) is 11.3 Å². The quantitative estimate of drug-likeness (QED) is 0.329. The normalized spacial score (nSPS) is 15.2. The van der Waals surface area contributed by atoms with Crippen molar-refractivity contribution in [3.05, 3.63) is 99.8 Å². The van der Waals surface area contributed by atoms with E-state index < -0.39 is 0 Å². The van der Waals surface area contributed by atoms with Gasteiger partial charge >= 0.3 is 0 Å². The van der Waals surface area contributed by atoms with Crippen LogP contribution in [0.3, 0.4) is 0 Å². The van der Waals surface area contributed by atoms with Gasteiger partial charge < -0.3 is 10.1 Å². The lowest BCUT2D eigenvalue weighted by atomic mass is 10.0. The van der Waals surface area contributed by atoms with Gasteiger partial charge in [-0.25, -0.2) is 4.98 Å². The molecule has 5 heterocycles. The molecule has 1 atom stereocenters. The van der Waals surface area contributed by atoms with Gasteiger partial charge in [0.05, 0.1) is 24.9 Å². The number of aromatic nitrogens is 5. The van der Waals surface area contributed by atoms with E-state index in [0.717, 1.165) is 34.2 Å². The van der Waals surface area contributed by atoms with Crippen LogP contribution in [0.2, 0.25) is 5.02 Å². The summed E-state index contributed by atoms with van der Waals surface area (Å²) in [5.74, 6) is 0.469. The number of benzene rings is 1. The molecule has 4 aromatic heterocycles. The molecule has 0 amide bonds. The monoisotopic (exact) mass is 524 g/mol. The third kappa shape index (κ3) is 4.76. The van der Waals surface area contributed by atoms with Crippen molar-refractivity contribution >= 4 is 28.6 Å². The lowest BCUT2D eigenvalue weighted by molar-refractivity contribution is 0.195. The molecular weight excluding hydrogens is 500 g/mol. The highest BCUT2D eigenvalue weighted by atomic mass is 35.5. The van der Waals surface area contributed by atoms with Gasteiger partial charge in [-0.3, -0.25) is 19.3 Å². The van der Waals surface area contributed by atoms with Crippen molar-refractivity contribution in [1.82, 2.24) is 24.5 Å². The maximum atomic E-state index is 14.0. The third-order valence-corrected chi connectivity index (χ3v) is 7.03. The van der Waals surface area contributed by atoms with E-state index in [4.69, 9.17) is 21.3 Å². The zero-order chi connectivity index (χ0) is 26.1. The van der Waals surface area contributed by atoms with Crippen LogP contribution in [0.25, 0.3) is 33.4 Å². The van der Waals surface area contributed by atoms with Gasteiger partial charge in [0.2, 0.25) is 5.95 Å². The van der Waals surface area contributed by atoms with Crippen LogP contribution >= 0.6 is 11.6 Å². The first kappa shape index (κ1) is 24.2. The maximum Gasteiger partial charge on any atom is 0.260 e. The van der Waals surface area contributed by atoms with E-state index in [-0.39, 0.29) is 11.6 Å². The number of rotatable bonds is 6. The predicted molar refractivity (Wildman–Crippen MR) is 148 cm³/mol. The van der Waals surface area contributed by atoms with E-state index in [0.29, 0.717) is 47.5 Å². The molecule has 1 saturated heterocycles. The van der Waals surface area contributed by atoms with E-state index >= 15 is 0 Å². The van der Waals surface area contributed by atoms with Gasteiger partial charge in [-0.05, 0) is 54.8 Å². The minimum Gasteiger partial charge on any atom is -0.379 e. The fourth-order valence-corrected chi connectivity index (χ4v) is 5.02. The summed E-state index contributed by atoms with van der Waals surface area (Å²) in [4.78, 5) is 31.8. The largest absolute Gasteiger partial charge is 0.379 e. The van der Waals surface area contributed by atoms with E-state index in [1.54, 1.807) is 29.4 Å². The standard InChI is InChI=1S/C29H25ClN6O2/c1-18-3-2-9-32-26(18)20-4-5-23(25(30)14-20)24-13-21-15-33-29(34-22-8-12-38-17-22)35-27(21)36(28(24)37)16-19-6-10-31-11-7-19/h2-7,9-11,13-15,22H,8,12,16-17H2,1H3,(H,33,34,35)/t22-/m0/s1. The van der Waals surface area contributed by atoms with Crippen molar-refractivity contribution in [1.29, 1.82) is 0 Å². The fourth-order valence-electron chi connectivity index (χ4n) is 4.74. The van der Waals surface area contributed by atoms with E-state index in [1.165, 1.54) is 0 Å². The molecule has 9 heteroatoms. The molecule has 1 aromatic carbocycles. The second-order valence-corrected chi connectivity index (χ2v) is 9.75. The summed E-state index contributed by atoms with van der Waals surface area (Å²) in [5, 5.41) is 4.54. The molecule has 5 aromatic rings. The summed E-state index contributed by atoms with van der Waals surface area (Å²) in [6.07, 6.45) is 7.81. The molecule has 1 aliphatic rings. The molecule has 0 spiro atoms. The Morgan fingerprint density at radius 2 is 1.95 bits per heavy atom. The molecule has 0 aliphatic carbocycles. The van der Waals surface area contributed by atoms with E-state index in [9.17, 15) is 4.79 Å². The number of fused-ring (bicyclic) bond motifs is 1. The third-order valence-electron chi connectivity index (χ3n) is 6.72. The summed E-state index contributed by atoms with van der Waals surface area (Å²) >= 11 is 6.78. The lowest BCUT2D eigenvalue weighted by Crippen LogP contribution is -2.25. The molecule has 38 heavy (non-hydrogen) atoms.